The number of benzene rings is 2. The third-order valence-corrected chi connectivity index (χ3v) is 3.76. The molecule has 0 aliphatic heterocycles. The lowest BCUT2D eigenvalue weighted by molar-refractivity contribution is -0.142. The second-order valence-electron chi connectivity index (χ2n) is 5.69. The van der Waals surface area contributed by atoms with E-state index >= 15 is 0 Å². The van der Waals surface area contributed by atoms with Crippen molar-refractivity contribution in [1.29, 1.82) is 0 Å². The van der Waals surface area contributed by atoms with E-state index in [9.17, 15) is 14.4 Å². The van der Waals surface area contributed by atoms with Crippen LogP contribution in [0.5, 0.6) is 17.2 Å². The van der Waals surface area contributed by atoms with Gasteiger partial charge in [0.25, 0.3) is 5.91 Å². The second kappa shape index (κ2) is 10.5. The molecule has 9 heteroatoms. The van der Waals surface area contributed by atoms with Crippen LogP contribution in [-0.4, -0.2) is 52.3 Å². The van der Waals surface area contributed by atoms with E-state index in [2.05, 4.69) is 15.4 Å². The highest BCUT2D eigenvalue weighted by Crippen LogP contribution is 2.27. The molecule has 2 aromatic carbocycles. The summed E-state index contributed by atoms with van der Waals surface area (Å²) in [6.45, 7) is -0.476. The average Bonchev–Trinajstić information content (AvgIpc) is 2.75. The summed E-state index contributed by atoms with van der Waals surface area (Å²) in [5, 5.41) is 5.17. The van der Waals surface area contributed by atoms with Gasteiger partial charge in [-0.05, 0) is 30.3 Å². The number of rotatable bonds is 9. The van der Waals surface area contributed by atoms with Crippen molar-refractivity contribution in [3.05, 3.63) is 48.0 Å². The Balaban J connectivity index is 1.89. The summed E-state index contributed by atoms with van der Waals surface area (Å²) in [5.41, 5.74) is 0.784. The molecule has 0 aliphatic rings. The lowest BCUT2D eigenvalue weighted by Crippen LogP contribution is -2.32. The summed E-state index contributed by atoms with van der Waals surface area (Å²) in [6.07, 6.45) is 0. The second-order valence-corrected chi connectivity index (χ2v) is 5.69. The first kappa shape index (κ1) is 21.5. The maximum atomic E-state index is 12.2. The van der Waals surface area contributed by atoms with Gasteiger partial charge in [0.05, 0.1) is 27.9 Å². The van der Waals surface area contributed by atoms with E-state index in [0.717, 1.165) is 0 Å². The molecule has 0 saturated heterocycles. The minimum Gasteiger partial charge on any atom is -0.493 e. The minimum atomic E-state index is -0.516. The van der Waals surface area contributed by atoms with Gasteiger partial charge in [-0.2, -0.15) is 0 Å². The Morgan fingerprint density at radius 1 is 0.931 bits per heavy atom. The number of carbonyl (C=O) groups is 3. The molecule has 0 heterocycles. The highest BCUT2D eigenvalue weighted by molar-refractivity contribution is 5.99. The number of amides is 2. The van der Waals surface area contributed by atoms with Crippen LogP contribution in [0.2, 0.25) is 0 Å². The van der Waals surface area contributed by atoms with Gasteiger partial charge >= 0.3 is 5.97 Å². The van der Waals surface area contributed by atoms with Gasteiger partial charge < -0.3 is 29.6 Å². The molecular formula is C20H22N2O7. The van der Waals surface area contributed by atoms with Crippen molar-refractivity contribution < 1.29 is 33.3 Å². The van der Waals surface area contributed by atoms with Crippen molar-refractivity contribution in [2.75, 3.05) is 39.8 Å². The molecule has 0 saturated carbocycles. The first-order valence-corrected chi connectivity index (χ1v) is 8.56. The van der Waals surface area contributed by atoms with Crippen LogP contribution >= 0.6 is 0 Å². The Morgan fingerprint density at radius 3 is 2.38 bits per heavy atom. The minimum absolute atomic E-state index is 0.236. The monoisotopic (exact) mass is 402 g/mol. The number of hydrogen-bond donors (Lipinski definition) is 2. The van der Waals surface area contributed by atoms with Crippen LogP contribution in [0.25, 0.3) is 0 Å². The number of esters is 1. The normalized spacial score (nSPS) is 9.90. The summed E-state index contributed by atoms with van der Waals surface area (Å²) in [6, 6.07) is 11.2. The van der Waals surface area contributed by atoms with E-state index in [1.807, 2.05) is 0 Å². The third kappa shape index (κ3) is 6.42. The first-order valence-electron chi connectivity index (χ1n) is 8.56. The molecule has 0 unspecified atom stereocenters. The number of ether oxygens (including phenoxy) is 4. The van der Waals surface area contributed by atoms with Crippen LogP contribution in [0.15, 0.2) is 42.5 Å². The van der Waals surface area contributed by atoms with Crippen molar-refractivity contribution in [2.24, 2.45) is 0 Å². The van der Waals surface area contributed by atoms with Gasteiger partial charge in [0, 0.05) is 17.3 Å². The highest BCUT2D eigenvalue weighted by Gasteiger charge is 2.12. The Kier molecular flexibility index (Phi) is 7.84. The molecule has 2 amide bonds. The van der Waals surface area contributed by atoms with Crippen molar-refractivity contribution in [3.8, 4) is 17.2 Å². The van der Waals surface area contributed by atoms with Gasteiger partial charge in [0.15, 0.2) is 18.1 Å². The number of methoxy groups -OCH3 is 3. The fraction of sp³-hybridized carbons (Fsp3) is 0.250. The van der Waals surface area contributed by atoms with E-state index in [1.165, 1.54) is 27.4 Å². The number of hydrogen-bond acceptors (Lipinski definition) is 7. The summed E-state index contributed by atoms with van der Waals surface area (Å²) in [5.74, 6) is -0.0791. The van der Waals surface area contributed by atoms with E-state index < -0.39 is 17.8 Å². The van der Waals surface area contributed by atoms with Crippen LogP contribution in [0.4, 0.5) is 5.69 Å². The summed E-state index contributed by atoms with van der Waals surface area (Å²) in [7, 11) is 4.23. The van der Waals surface area contributed by atoms with Crippen molar-refractivity contribution in [2.45, 2.75) is 0 Å². The van der Waals surface area contributed by atoms with Crippen molar-refractivity contribution in [1.82, 2.24) is 5.32 Å². The predicted molar refractivity (Wildman–Crippen MR) is 104 cm³/mol. The predicted octanol–water partition coefficient (Wildman–Crippen LogP) is 1.62. The quantitative estimate of drug-likeness (QED) is 0.613. The number of carbonyl (C=O) groups excluding carboxylic acids is 3. The van der Waals surface area contributed by atoms with Crippen LogP contribution in [-0.2, 0) is 14.3 Å². The molecule has 9 nitrogen and oxygen atoms in total. The molecule has 2 aromatic rings. The summed E-state index contributed by atoms with van der Waals surface area (Å²) >= 11 is 0. The fourth-order valence-corrected chi connectivity index (χ4v) is 2.31. The Hall–Kier alpha value is -3.75. The highest BCUT2D eigenvalue weighted by atomic mass is 16.6. The van der Waals surface area contributed by atoms with Gasteiger partial charge in [-0.15, -0.1) is 0 Å². The van der Waals surface area contributed by atoms with Gasteiger partial charge in [-0.1, -0.05) is 6.07 Å². The van der Waals surface area contributed by atoms with E-state index in [-0.39, 0.29) is 13.2 Å². The smallest absolute Gasteiger partial charge is 0.343 e. The van der Waals surface area contributed by atoms with Gasteiger partial charge in [0.1, 0.15) is 5.75 Å². The molecule has 2 rings (SSSR count). The van der Waals surface area contributed by atoms with Crippen molar-refractivity contribution >= 4 is 23.5 Å². The molecule has 0 radical (unpaired) electrons. The molecule has 2 N–H and O–H groups in total. The Morgan fingerprint density at radius 2 is 1.69 bits per heavy atom. The molecular weight excluding hydrogens is 380 g/mol. The van der Waals surface area contributed by atoms with Gasteiger partial charge in [-0.25, -0.2) is 4.79 Å². The Labute approximate surface area is 167 Å². The zero-order valence-electron chi connectivity index (χ0n) is 16.3. The average molecular weight is 402 g/mol. The SMILES string of the molecule is COC(=O)COc1cccc(NC(=O)CNC(=O)c2ccc(OC)c(OC)c2)c1. The zero-order valence-corrected chi connectivity index (χ0v) is 16.3. The topological polar surface area (TPSA) is 112 Å². The van der Waals surface area contributed by atoms with Crippen LogP contribution < -0.4 is 24.8 Å². The molecule has 0 bridgehead atoms. The molecule has 0 fully saturated rings. The molecule has 154 valence electrons. The van der Waals surface area contributed by atoms with Gasteiger partial charge in [-0.3, -0.25) is 9.59 Å². The maximum absolute atomic E-state index is 12.2. The molecule has 0 aliphatic carbocycles. The maximum Gasteiger partial charge on any atom is 0.343 e. The lowest BCUT2D eigenvalue weighted by atomic mass is 10.2. The lowest BCUT2D eigenvalue weighted by Gasteiger charge is -2.11. The van der Waals surface area contributed by atoms with Crippen LogP contribution in [0.1, 0.15) is 10.4 Å². The molecule has 29 heavy (non-hydrogen) atoms. The van der Waals surface area contributed by atoms with Crippen LogP contribution in [0, 0.1) is 0 Å². The largest absolute Gasteiger partial charge is 0.493 e. The van der Waals surface area contributed by atoms with Gasteiger partial charge in [0.2, 0.25) is 5.91 Å². The van der Waals surface area contributed by atoms with E-state index in [4.69, 9.17) is 14.2 Å². The molecule has 0 spiro atoms. The summed E-state index contributed by atoms with van der Waals surface area (Å²) < 4.78 is 20.0. The summed E-state index contributed by atoms with van der Waals surface area (Å²) in [4.78, 5) is 35.5. The third-order valence-electron chi connectivity index (χ3n) is 3.76. The molecule has 0 atom stereocenters. The standard InChI is InChI=1S/C20H22N2O7/c1-26-16-8-7-13(9-17(16)27-2)20(25)21-11-18(23)22-14-5-4-6-15(10-14)29-12-19(24)28-3/h4-10H,11-12H2,1-3H3,(H,21,25)(H,22,23). The Bertz CT molecular complexity index is 883. The van der Waals surface area contributed by atoms with E-state index in [0.29, 0.717) is 28.5 Å². The number of nitrogens with one attached hydrogen (secondary N) is 2. The fourth-order valence-electron chi connectivity index (χ4n) is 2.31. The number of anilines is 1. The van der Waals surface area contributed by atoms with Crippen molar-refractivity contribution in [3.63, 3.8) is 0 Å². The first-order chi connectivity index (χ1) is 14.0. The zero-order chi connectivity index (χ0) is 21.2. The van der Waals surface area contributed by atoms with Crippen LogP contribution in [0.3, 0.4) is 0 Å². The molecule has 0 aromatic heterocycles. The van der Waals surface area contributed by atoms with E-state index in [1.54, 1.807) is 36.4 Å².